The number of furan rings is 1. The molecule has 0 radical (unpaired) electrons. The average molecular weight is 450 g/mol. The van der Waals surface area contributed by atoms with Crippen LogP contribution in [0, 0.1) is 0 Å². The molecule has 35 heavy (non-hydrogen) atoms. The first-order valence-corrected chi connectivity index (χ1v) is 11.9. The number of para-hydroxylation sites is 2. The van der Waals surface area contributed by atoms with Gasteiger partial charge in [-0.25, -0.2) is 0 Å². The van der Waals surface area contributed by atoms with Crippen LogP contribution >= 0.6 is 0 Å². The minimum Gasteiger partial charge on any atom is -0.456 e. The molecule has 0 atom stereocenters. The quantitative estimate of drug-likeness (QED) is 0.255. The van der Waals surface area contributed by atoms with Crippen LogP contribution in [0.4, 0.5) is 0 Å². The summed E-state index contributed by atoms with van der Waals surface area (Å²) < 4.78 is 7.93. The highest BCUT2D eigenvalue weighted by Crippen LogP contribution is 2.43. The highest BCUT2D eigenvalue weighted by molar-refractivity contribution is 6.14. The molecule has 0 fully saturated rings. The standard InChI is InChI=1S/C32H19NO2/c34-32-24-11-6-7-20-18-26-22(19-13-16-29-25(17-19)23-10-4-5-12-28(23)35-29)14-15-27(31(26)30(20)24)33(32)21-8-2-1-3-9-21/h1-17H,18H2. The van der Waals surface area contributed by atoms with Crippen molar-refractivity contribution in [2.45, 2.75) is 6.42 Å². The number of fused-ring (bicyclic) bond motifs is 3. The summed E-state index contributed by atoms with van der Waals surface area (Å²) in [5.41, 5.74) is 8.58. The second-order valence-electron chi connectivity index (χ2n) is 9.29. The molecular formula is C32H19NO2. The maximum atomic E-state index is 13.7. The molecule has 0 saturated carbocycles. The van der Waals surface area contributed by atoms with Gasteiger partial charge in [0.25, 0.3) is 5.56 Å². The van der Waals surface area contributed by atoms with E-state index < -0.39 is 0 Å². The van der Waals surface area contributed by atoms with Crippen molar-refractivity contribution >= 4 is 43.6 Å². The lowest BCUT2D eigenvalue weighted by atomic mass is 9.95. The molecule has 2 heterocycles. The van der Waals surface area contributed by atoms with Gasteiger partial charge in [0.2, 0.25) is 0 Å². The number of pyridine rings is 1. The van der Waals surface area contributed by atoms with E-state index in [2.05, 4.69) is 48.5 Å². The van der Waals surface area contributed by atoms with Crippen molar-refractivity contribution in [3.63, 3.8) is 0 Å². The zero-order chi connectivity index (χ0) is 23.1. The zero-order valence-electron chi connectivity index (χ0n) is 18.8. The highest BCUT2D eigenvalue weighted by atomic mass is 16.3. The molecule has 1 aliphatic carbocycles. The van der Waals surface area contributed by atoms with Gasteiger partial charge < -0.3 is 4.42 Å². The first kappa shape index (κ1) is 18.8. The van der Waals surface area contributed by atoms with Gasteiger partial charge in [-0.1, -0.05) is 60.7 Å². The largest absolute Gasteiger partial charge is 0.456 e. The third-order valence-electron chi connectivity index (χ3n) is 7.44. The maximum Gasteiger partial charge on any atom is 0.263 e. The van der Waals surface area contributed by atoms with Gasteiger partial charge in [0.1, 0.15) is 11.2 Å². The third-order valence-corrected chi connectivity index (χ3v) is 7.44. The van der Waals surface area contributed by atoms with Crippen molar-refractivity contribution in [2.24, 2.45) is 0 Å². The van der Waals surface area contributed by atoms with Crippen molar-refractivity contribution in [2.75, 3.05) is 0 Å². The summed E-state index contributed by atoms with van der Waals surface area (Å²) in [5, 5.41) is 5.33. The summed E-state index contributed by atoms with van der Waals surface area (Å²) in [7, 11) is 0. The van der Waals surface area contributed by atoms with Crippen LogP contribution in [0.3, 0.4) is 0 Å². The van der Waals surface area contributed by atoms with Gasteiger partial charge >= 0.3 is 0 Å². The summed E-state index contributed by atoms with van der Waals surface area (Å²) >= 11 is 0. The molecule has 0 bridgehead atoms. The molecule has 7 aromatic rings. The molecule has 1 aliphatic rings. The van der Waals surface area contributed by atoms with E-state index in [0.29, 0.717) is 0 Å². The first-order chi connectivity index (χ1) is 17.3. The summed E-state index contributed by atoms with van der Waals surface area (Å²) in [5.74, 6) is 0. The lowest BCUT2D eigenvalue weighted by molar-refractivity contribution is 0.669. The van der Waals surface area contributed by atoms with Gasteiger partial charge in [-0.2, -0.15) is 0 Å². The highest BCUT2D eigenvalue weighted by Gasteiger charge is 2.25. The van der Waals surface area contributed by atoms with E-state index >= 15 is 0 Å². The average Bonchev–Trinajstić information content (AvgIpc) is 3.48. The molecule has 8 rings (SSSR count). The molecule has 0 N–H and O–H groups in total. The van der Waals surface area contributed by atoms with E-state index in [4.69, 9.17) is 4.42 Å². The minimum atomic E-state index is 0.0347. The van der Waals surface area contributed by atoms with Gasteiger partial charge in [0.05, 0.1) is 5.52 Å². The Bertz CT molecular complexity index is 2040. The number of nitrogens with zero attached hydrogens (tertiary/aromatic N) is 1. The normalized spacial score (nSPS) is 12.6. The summed E-state index contributed by atoms with van der Waals surface area (Å²) in [6.07, 6.45) is 0.821. The topological polar surface area (TPSA) is 35.1 Å². The Morgan fingerprint density at radius 2 is 1.46 bits per heavy atom. The third kappa shape index (κ3) is 2.47. The first-order valence-electron chi connectivity index (χ1n) is 11.9. The van der Waals surface area contributed by atoms with Crippen LogP contribution < -0.4 is 5.56 Å². The Balaban J connectivity index is 1.47. The van der Waals surface area contributed by atoms with E-state index in [-0.39, 0.29) is 5.56 Å². The van der Waals surface area contributed by atoms with Crippen molar-refractivity contribution in [1.82, 2.24) is 4.57 Å². The number of benzene rings is 5. The molecule has 3 nitrogen and oxygen atoms in total. The number of rotatable bonds is 2. The smallest absolute Gasteiger partial charge is 0.263 e. The number of hydrogen-bond donors (Lipinski definition) is 0. The van der Waals surface area contributed by atoms with Crippen molar-refractivity contribution in [3.8, 4) is 16.8 Å². The second-order valence-corrected chi connectivity index (χ2v) is 9.29. The molecule has 2 aromatic heterocycles. The Hall–Kier alpha value is -4.63. The van der Waals surface area contributed by atoms with Gasteiger partial charge in [-0.05, 0) is 71.1 Å². The summed E-state index contributed by atoms with van der Waals surface area (Å²) in [4.78, 5) is 13.7. The van der Waals surface area contributed by atoms with E-state index in [0.717, 1.165) is 50.3 Å². The molecule has 164 valence electrons. The van der Waals surface area contributed by atoms with E-state index in [1.807, 2.05) is 59.2 Å². The van der Waals surface area contributed by atoms with Crippen LogP contribution in [-0.2, 0) is 6.42 Å². The Labute approximate surface area is 200 Å². The Morgan fingerprint density at radius 1 is 0.657 bits per heavy atom. The van der Waals surface area contributed by atoms with E-state index in [1.165, 1.54) is 27.6 Å². The van der Waals surface area contributed by atoms with Gasteiger partial charge in [-0.15, -0.1) is 0 Å². The van der Waals surface area contributed by atoms with Gasteiger partial charge in [0.15, 0.2) is 0 Å². The molecule has 0 aliphatic heterocycles. The van der Waals surface area contributed by atoms with Crippen LogP contribution in [0.5, 0.6) is 0 Å². The lowest BCUT2D eigenvalue weighted by Crippen LogP contribution is -2.19. The molecule has 3 heteroatoms. The van der Waals surface area contributed by atoms with Gasteiger partial charge in [0, 0.05) is 32.6 Å². The minimum absolute atomic E-state index is 0.0347. The fraction of sp³-hybridized carbons (Fsp3) is 0.0312. The van der Waals surface area contributed by atoms with E-state index in [1.54, 1.807) is 0 Å². The van der Waals surface area contributed by atoms with Crippen molar-refractivity contribution < 1.29 is 4.42 Å². The molecule has 0 amide bonds. The summed E-state index contributed by atoms with van der Waals surface area (Å²) in [6.45, 7) is 0. The van der Waals surface area contributed by atoms with Gasteiger partial charge in [-0.3, -0.25) is 9.36 Å². The molecule has 0 spiro atoms. The van der Waals surface area contributed by atoms with Crippen LogP contribution in [0.2, 0.25) is 0 Å². The zero-order valence-corrected chi connectivity index (χ0v) is 18.8. The SMILES string of the molecule is O=c1c2cccc3c2c2c(c(-c4ccc5oc6ccccc6c5c4)ccc2n1-c1ccccc1)C3. The summed E-state index contributed by atoms with van der Waals surface area (Å²) in [6, 6.07) is 35.0. The van der Waals surface area contributed by atoms with Crippen LogP contribution in [0.1, 0.15) is 11.1 Å². The second kappa shape index (κ2) is 6.71. The monoisotopic (exact) mass is 449 g/mol. The molecule has 0 saturated heterocycles. The predicted molar refractivity (Wildman–Crippen MR) is 143 cm³/mol. The van der Waals surface area contributed by atoms with Crippen LogP contribution in [0.15, 0.2) is 112 Å². The molecule has 0 unspecified atom stereocenters. The molecular weight excluding hydrogens is 430 g/mol. The number of hydrogen-bond acceptors (Lipinski definition) is 2. The van der Waals surface area contributed by atoms with Crippen LogP contribution in [-0.4, -0.2) is 4.57 Å². The Kier molecular flexibility index (Phi) is 3.59. The molecule has 5 aromatic carbocycles. The fourth-order valence-electron chi connectivity index (χ4n) is 5.92. The van der Waals surface area contributed by atoms with E-state index in [9.17, 15) is 4.79 Å². The number of aromatic nitrogens is 1. The van der Waals surface area contributed by atoms with Crippen molar-refractivity contribution in [1.29, 1.82) is 0 Å². The maximum absolute atomic E-state index is 13.7. The Morgan fingerprint density at radius 3 is 2.37 bits per heavy atom. The predicted octanol–water partition coefficient (Wildman–Crippen LogP) is 7.61. The van der Waals surface area contributed by atoms with Crippen molar-refractivity contribution in [3.05, 3.63) is 125 Å². The van der Waals surface area contributed by atoms with Crippen LogP contribution in [0.25, 0.3) is 60.4 Å². The lowest BCUT2D eigenvalue weighted by Gasteiger charge is -2.15. The fourth-order valence-corrected chi connectivity index (χ4v) is 5.92.